The number of hydrogen-bond acceptors (Lipinski definition) is 3. The molecule has 0 aromatic heterocycles. The zero-order valence-electron chi connectivity index (χ0n) is 12.1. The van der Waals surface area contributed by atoms with Crippen LogP contribution in [0.15, 0.2) is 48.5 Å². The molecule has 0 heterocycles. The summed E-state index contributed by atoms with van der Waals surface area (Å²) in [5.74, 6) is 6.21. The largest absolute Gasteiger partial charge is 0.489 e. The second kappa shape index (κ2) is 7.16. The fourth-order valence-electron chi connectivity index (χ4n) is 1.80. The van der Waals surface area contributed by atoms with Gasteiger partial charge in [0.05, 0.1) is 12.7 Å². The molecule has 0 saturated heterocycles. The Labute approximate surface area is 124 Å². The average molecular weight is 280 g/mol. The lowest BCUT2D eigenvalue weighted by Crippen LogP contribution is -2.01. The molecule has 0 bridgehead atoms. The number of ether oxygens (including phenoxy) is 2. The number of methoxy groups -OCH3 is 1. The summed E-state index contributed by atoms with van der Waals surface area (Å²) in [6.07, 6.45) is 0. The van der Waals surface area contributed by atoms with Crippen LogP contribution in [0.4, 0.5) is 0 Å². The fourth-order valence-corrected chi connectivity index (χ4v) is 1.80. The summed E-state index contributed by atoms with van der Waals surface area (Å²) in [4.78, 5) is 11.3. The highest BCUT2D eigenvalue weighted by atomic mass is 16.5. The first-order chi connectivity index (χ1) is 10.2. The molecule has 0 N–H and O–H groups in total. The van der Waals surface area contributed by atoms with Gasteiger partial charge >= 0.3 is 5.97 Å². The van der Waals surface area contributed by atoms with E-state index in [1.54, 1.807) is 24.3 Å². The molecule has 0 aliphatic rings. The summed E-state index contributed by atoms with van der Waals surface area (Å²) < 4.78 is 10.3. The van der Waals surface area contributed by atoms with Crippen molar-refractivity contribution in [1.82, 2.24) is 0 Å². The van der Waals surface area contributed by atoms with Gasteiger partial charge in [-0.2, -0.15) is 0 Å². The molecular formula is C18H16O3. The second-order valence-corrected chi connectivity index (χ2v) is 4.38. The maximum atomic E-state index is 11.3. The molecule has 3 nitrogen and oxygen atoms in total. The van der Waals surface area contributed by atoms with Gasteiger partial charge in [0.15, 0.2) is 0 Å². The van der Waals surface area contributed by atoms with Gasteiger partial charge in [0.25, 0.3) is 0 Å². The van der Waals surface area contributed by atoms with Crippen LogP contribution in [-0.2, 0) is 11.3 Å². The normalized spacial score (nSPS) is 9.43. The highest BCUT2D eigenvalue weighted by Gasteiger charge is 2.04. The standard InChI is InChI=1S/C18H16O3/c1-3-4-14-5-7-15(8-6-14)13-21-17-11-9-16(10-12-17)18(19)20-2/h5-12H,13H2,1-2H3. The quantitative estimate of drug-likeness (QED) is 0.636. The van der Waals surface area contributed by atoms with Gasteiger partial charge in [0.1, 0.15) is 12.4 Å². The van der Waals surface area contributed by atoms with Gasteiger partial charge in [0, 0.05) is 5.56 Å². The molecule has 0 aliphatic carbocycles. The summed E-state index contributed by atoms with van der Waals surface area (Å²) in [6, 6.07) is 14.8. The van der Waals surface area contributed by atoms with E-state index in [1.165, 1.54) is 7.11 Å². The Kier molecular flexibility index (Phi) is 5.00. The summed E-state index contributed by atoms with van der Waals surface area (Å²) in [5, 5.41) is 0. The molecule has 0 radical (unpaired) electrons. The Hall–Kier alpha value is -2.73. The molecule has 2 aromatic rings. The molecule has 2 aromatic carbocycles. The van der Waals surface area contributed by atoms with Crippen LogP contribution >= 0.6 is 0 Å². The van der Waals surface area contributed by atoms with E-state index < -0.39 is 0 Å². The number of hydrogen-bond donors (Lipinski definition) is 0. The molecule has 0 amide bonds. The molecular weight excluding hydrogens is 264 g/mol. The average Bonchev–Trinajstić information content (AvgIpc) is 2.54. The van der Waals surface area contributed by atoms with E-state index in [-0.39, 0.29) is 5.97 Å². The van der Waals surface area contributed by atoms with Gasteiger partial charge in [-0.25, -0.2) is 4.79 Å². The van der Waals surface area contributed by atoms with Gasteiger partial charge in [0.2, 0.25) is 0 Å². The Morgan fingerprint density at radius 1 is 1.05 bits per heavy atom. The minimum absolute atomic E-state index is 0.353. The van der Waals surface area contributed by atoms with Crippen LogP contribution in [0.3, 0.4) is 0 Å². The Bertz CT molecular complexity index is 658. The van der Waals surface area contributed by atoms with Crippen LogP contribution in [0.2, 0.25) is 0 Å². The van der Waals surface area contributed by atoms with Crippen LogP contribution in [0.5, 0.6) is 5.75 Å². The molecule has 0 saturated carbocycles. The fraction of sp³-hybridized carbons (Fsp3) is 0.167. The van der Waals surface area contributed by atoms with E-state index in [0.29, 0.717) is 17.9 Å². The van der Waals surface area contributed by atoms with Crippen molar-refractivity contribution in [3.05, 3.63) is 65.2 Å². The van der Waals surface area contributed by atoms with Crippen LogP contribution in [0.25, 0.3) is 0 Å². The van der Waals surface area contributed by atoms with Crippen molar-refractivity contribution in [3.8, 4) is 17.6 Å². The predicted octanol–water partition coefficient (Wildman–Crippen LogP) is 3.42. The van der Waals surface area contributed by atoms with E-state index in [0.717, 1.165) is 11.1 Å². The summed E-state index contributed by atoms with van der Waals surface area (Å²) in [6.45, 7) is 2.28. The minimum Gasteiger partial charge on any atom is -0.489 e. The molecule has 3 heteroatoms. The van der Waals surface area contributed by atoms with Crippen LogP contribution in [-0.4, -0.2) is 13.1 Å². The van der Waals surface area contributed by atoms with Gasteiger partial charge in [-0.3, -0.25) is 0 Å². The van der Waals surface area contributed by atoms with Crippen molar-refractivity contribution in [1.29, 1.82) is 0 Å². The third-order valence-corrected chi connectivity index (χ3v) is 2.90. The second-order valence-electron chi connectivity index (χ2n) is 4.38. The van der Waals surface area contributed by atoms with Gasteiger partial charge < -0.3 is 9.47 Å². The number of carbonyl (C=O) groups is 1. The molecule has 106 valence electrons. The van der Waals surface area contributed by atoms with Gasteiger partial charge in [-0.05, 0) is 48.9 Å². The first kappa shape index (κ1) is 14.7. The number of esters is 1. The zero-order valence-corrected chi connectivity index (χ0v) is 12.1. The number of benzene rings is 2. The van der Waals surface area contributed by atoms with E-state index in [1.807, 2.05) is 31.2 Å². The topological polar surface area (TPSA) is 35.5 Å². The molecule has 21 heavy (non-hydrogen) atoms. The summed E-state index contributed by atoms with van der Waals surface area (Å²) in [5.41, 5.74) is 2.56. The lowest BCUT2D eigenvalue weighted by atomic mass is 10.1. The van der Waals surface area contributed by atoms with Crippen molar-refractivity contribution in [2.45, 2.75) is 13.5 Å². The number of rotatable bonds is 4. The summed E-state index contributed by atoms with van der Waals surface area (Å²) >= 11 is 0. The van der Waals surface area contributed by atoms with Crippen molar-refractivity contribution in [3.63, 3.8) is 0 Å². The summed E-state index contributed by atoms with van der Waals surface area (Å²) in [7, 11) is 1.36. The third-order valence-electron chi connectivity index (χ3n) is 2.90. The Balaban J connectivity index is 1.95. The molecule has 0 atom stereocenters. The van der Waals surface area contributed by atoms with Crippen LogP contribution in [0.1, 0.15) is 28.4 Å². The number of carbonyl (C=O) groups excluding carboxylic acids is 1. The molecule has 2 rings (SSSR count). The predicted molar refractivity (Wildman–Crippen MR) is 81.1 cm³/mol. The lowest BCUT2D eigenvalue weighted by Gasteiger charge is -2.07. The van der Waals surface area contributed by atoms with Crippen molar-refractivity contribution < 1.29 is 14.3 Å². The molecule has 0 spiro atoms. The first-order valence-corrected chi connectivity index (χ1v) is 6.56. The van der Waals surface area contributed by atoms with Crippen LogP contribution in [0, 0.1) is 11.8 Å². The lowest BCUT2D eigenvalue weighted by molar-refractivity contribution is 0.0600. The molecule has 0 fully saturated rings. The Morgan fingerprint density at radius 3 is 2.29 bits per heavy atom. The van der Waals surface area contributed by atoms with E-state index >= 15 is 0 Å². The van der Waals surface area contributed by atoms with Crippen molar-refractivity contribution in [2.24, 2.45) is 0 Å². The van der Waals surface area contributed by atoms with E-state index in [4.69, 9.17) is 4.74 Å². The third kappa shape index (κ3) is 4.12. The first-order valence-electron chi connectivity index (χ1n) is 6.56. The molecule has 0 aliphatic heterocycles. The molecule has 0 unspecified atom stereocenters. The SMILES string of the molecule is CC#Cc1ccc(COc2ccc(C(=O)OC)cc2)cc1. The van der Waals surface area contributed by atoms with Gasteiger partial charge in [-0.15, -0.1) is 5.92 Å². The Morgan fingerprint density at radius 2 is 1.71 bits per heavy atom. The van der Waals surface area contributed by atoms with E-state index in [9.17, 15) is 4.79 Å². The van der Waals surface area contributed by atoms with Gasteiger partial charge in [-0.1, -0.05) is 18.1 Å². The highest BCUT2D eigenvalue weighted by Crippen LogP contribution is 2.15. The highest BCUT2D eigenvalue weighted by molar-refractivity contribution is 5.89. The smallest absolute Gasteiger partial charge is 0.337 e. The minimum atomic E-state index is -0.353. The van der Waals surface area contributed by atoms with Crippen molar-refractivity contribution >= 4 is 5.97 Å². The maximum Gasteiger partial charge on any atom is 0.337 e. The maximum absolute atomic E-state index is 11.3. The zero-order chi connectivity index (χ0) is 15.1. The van der Waals surface area contributed by atoms with E-state index in [2.05, 4.69) is 16.6 Å². The monoisotopic (exact) mass is 280 g/mol. The van der Waals surface area contributed by atoms with Crippen LogP contribution < -0.4 is 4.74 Å². The van der Waals surface area contributed by atoms with Crippen molar-refractivity contribution in [2.75, 3.05) is 7.11 Å².